The van der Waals surface area contributed by atoms with Crippen molar-refractivity contribution < 1.29 is 14.7 Å². The van der Waals surface area contributed by atoms with E-state index in [2.05, 4.69) is 10.3 Å². The van der Waals surface area contributed by atoms with Gasteiger partial charge >= 0.3 is 5.97 Å². The minimum atomic E-state index is -1.08. The van der Waals surface area contributed by atoms with Gasteiger partial charge in [-0.15, -0.1) is 11.8 Å². The Kier molecular flexibility index (Phi) is 5.18. The van der Waals surface area contributed by atoms with Crippen molar-refractivity contribution in [1.29, 1.82) is 0 Å². The monoisotopic (exact) mass is 414 g/mol. The van der Waals surface area contributed by atoms with Gasteiger partial charge in [-0.3, -0.25) is 4.79 Å². The molecule has 2 N–H and O–H groups in total. The lowest BCUT2D eigenvalue weighted by atomic mass is 10.1. The SMILES string of the molecule is CSc1ncccc1C(=O)Nc1ccc(I)cc1C(=O)O. The minimum absolute atomic E-state index is 0.0600. The molecule has 1 aromatic heterocycles. The predicted octanol–water partition coefficient (Wildman–Crippen LogP) is 3.36. The van der Waals surface area contributed by atoms with Crippen LogP contribution in [-0.4, -0.2) is 28.2 Å². The zero-order valence-corrected chi connectivity index (χ0v) is 13.9. The summed E-state index contributed by atoms with van der Waals surface area (Å²) in [5.74, 6) is -1.46. The number of thioether (sulfide) groups is 1. The van der Waals surface area contributed by atoms with E-state index in [-0.39, 0.29) is 17.2 Å². The average Bonchev–Trinajstić information content (AvgIpc) is 2.48. The van der Waals surface area contributed by atoms with Crippen LogP contribution >= 0.6 is 34.4 Å². The summed E-state index contributed by atoms with van der Waals surface area (Å²) in [6.45, 7) is 0. The van der Waals surface area contributed by atoms with Gasteiger partial charge in [0.15, 0.2) is 0 Å². The van der Waals surface area contributed by atoms with Crippen LogP contribution in [0, 0.1) is 3.57 Å². The number of carboxylic acid groups (broad SMARTS) is 1. The Hall–Kier alpha value is -1.61. The quantitative estimate of drug-likeness (QED) is 0.593. The summed E-state index contributed by atoms with van der Waals surface area (Å²) >= 11 is 3.38. The van der Waals surface area contributed by atoms with Crippen molar-refractivity contribution in [2.75, 3.05) is 11.6 Å². The molecule has 2 rings (SSSR count). The third-order valence-electron chi connectivity index (χ3n) is 2.67. The molecule has 0 bridgehead atoms. The lowest BCUT2D eigenvalue weighted by molar-refractivity contribution is 0.0698. The van der Waals surface area contributed by atoms with E-state index >= 15 is 0 Å². The lowest BCUT2D eigenvalue weighted by Gasteiger charge is -2.10. The molecule has 5 nitrogen and oxygen atoms in total. The fraction of sp³-hybridized carbons (Fsp3) is 0.0714. The van der Waals surface area contributed by atoms with Gasteiger partial charge in [-0.2, -0.15) is 0 Å². The third kappa shape index (κ3) is 3.73. The van der Waals surface area contributed by atoms with Crippen molar-refractivity contribution >= 4 is 51.9 Å². The van der Waals surface area contributed by atoms with Gasteiger partial charge in [0.1, 0.15) is 5.03 Å². The molecule has 0 radical (unpaired) electrons. The van der Waals surface area contributed by atoms with Crippen molar-refractivity contribution in [2.24, 2.45) is 0 Å². The number of hydrogen-bond acceptors (Lipinski definition) is 4. The van der Waals surface area contributed by atoms with E-state index in [1.54, 1.807) is 30.5 Å². The summed E-state index contributed by atoms with van der Waals surface area (Å²) in [6.07, 6.45) is 3.43. The topological polar surface area (TPSA) is 79.3 Å². The molecule has 0 fully saturated rings. The first-order valence-corrected chi connectivity index (χ1v) is 8.16. The van der Waals surface area contributed by atoms with Gasteiger partial charge in [-0.25, -0.2) is 9.78 Å². The fourth-order valence-corrected chi connectivity index (χ4v) is 2.76. The number of pyridine rings is 1. The zero-order chi connectivity index (χ0) is 15.4. The Morgan fingerprint density at radius 2 is 2.05 bits per heavy atom. The molecule has 0 aliphatic carbocycles. The highest BCUT2D eigenvalue weighted by molar-refractivity contribution is 14.1. The molecule has 7 heteroatoms. The summed E-state index contributed by atoms with van der Waals surface area (Å²) in [4.78, 5) is 27.7. The summed E-state index contributed by atoms with van der Waals surface area (Å²) in [5, 5.41) is 12.4. The number of anilines is 1. The van der Waals surface area contributed by atoms with Crippen LogP contribution in [0.5, 0.6) is 0 Å². The predicted molar refractivity (Wildman–Crippen MR) is 90.1 cm³/mol. The van der Waals surface area contributed by atoms with Gasteiger partial charge in [-0.05, 0) is 59.2 Å². The maximum absolute atomic E-state index is 12.3. The maximum Gasteiger partial charge on any atom is 0.337 e. The van der Waals surface area contributed by atoms with Gasteiger partial charge in [0.2, 0.25) is 0 Å². The largest absolute Gasteiger partial charge is 0.478 e. The van der Waals surface area contributed by atoms with Crippen molar-refractivity contribution in [2.45, 2.75) is 5.03 Å². The molecule has 0 aliphatic heterocycles. The molecule has 0 unspecified atom stereocenters. The summed E-state index contributed by atoms with van der Waals surface area (Å²) in [6, 6.07) is 8.15. The molecule has 1 amide bonds. The first-order chi connectivity index (χ1) is 10.0. The smallest absolute Gasteiger partial charge is 0.337 e. The maximum atomic E-state index is 12.3. The normalized spacial score (nSPS) is 10.2. The van der Waals surface area contributed by atoms with Crippen LogP contribution in [-0.2, 0) is 0 Å². The molecule has 21 heavy (non-hydrogen) atoms. The van der Waals surface area contributed by atoms with Crippen molar-refractivity contribution in [1.82, 2.24) is 4.98 Å². The molecule has 0 spiro atoms. The highest BCUT2D eigenvalue weighted by Crippen LogP contribution is 2.22. The Morgan fingerprint density at radius 1 is 1.29 bits per heavy atom. The minimum Gasteiger partial charge on any atom is -0.478 e. The molecule has 1 heterocycles. The number of carboxylic acids is 1. The van der Waals surface area contributed by atoms with E-state index < -0.39 is 5.97 Å². The molecule has 108 valence electrons. The van der Waals surface area contributed by atoms with E-state index in [0.29, 0.717) is 10.6 Å². The second kappa shape index (κ2) is 6.90. The Morgan fingerprint density at radius 3 is 2.71 bits per heavy atom. The van der Waals surface area contributed by atoms with Crippen molar-refractivity contribution in [3.63, 3.8) is 0 Å². The average molecular weight is 414 g/mol. The molecular weight excluding hydrogens is 403 g/mol. The standard InChI is InChI=1S/C14H11IN2O3S/c1-21-13-9(3-2-6-16-13)12(18)17-11-5-4-8(15)7-10(11)14(19)20/h2-7H,1H3,(H,17,18)(H,19,20). The molecule has 0 aliphatic rings. The Bertz CT molecular complexity index is 706. The molecule has 0 saturated heterocycles. The van der Waals surface area contributed by atoms with Gasteiger partial charge in [-0.1, -0.05) is 0 Å². The number of nitrogens with zero attached hydrogens (tertiary/aromatic N) is 1. The number of benzene rings is 1. The van der Waals surface area contributed by atoms with Gasteiger partial charge in [0, 0.05) is 9.77 Å². The molecule has 0 atom stereocenters. The first kappa shape index (κ1) is 15.8. The number of aromatic nitrogens is 1. The van der Waals surface area contributed by atoms with Crippen LogP contribution in [0.4, 0.5) is 5.69 Å². The van der Waals surface area contributed by atoms with Crippen molar-refractivity contribution in [3.05, 3.63) is 51.2 Å². The number of halogens is 1. The lowest BCUT2D eigenvalue weighted by Crippen LogP contribution is -2.16. The second-order valence-corrected chi connectivity index (χ2v) is 6.05. The van der Waals surface area contributed by atoms with Crippen LogP contribution in [0.25, 0.3) is 0 Å². The summed E-state index contributed by atoms with van der Waals surface area (Å²) in [7, 11) is 0. The van der Waals surface area contributed by atoms with Crippen LogP contribution < -0.4 is 5.32 Å². The molecule has 1 aromatic carbocycles. The first-order valence-electron chi connectivity index (χ1n) is 5.86. The van der Waals surface area contributed by atoms with E-state index in [1.807, 2.05) is 28.8 Å². The third-order valence-corrected chi connectivity index (χ3v) is 4.05. The van der Waals surface area contributed by atoms with Crippen LogP contribution in [0.15, 0.2) is 41.6 Å². The number of aromatic carboxylic acids is 1. The fourth-order valence-electron chi connectivity index (χ4n) is 1.72. The van der Waals surface area contributed by atoms with E-state index in [9.17, 15) is 14.7 Å². The molecular formula is C14H11IN2O3S. The number of nitrogens with one attached hydrogen (secondary N) is 1. The number of rotatable bonds is 4. The van der Waals surface area contributed by atoms with Crippen LogP contribution in [0.1, 0.15) is 20.7 Å². The van der Waals surface area contributed by atoms with Gasteiger partial charge in [0.25, 0.3) is 5.91 Å². The second-order valence-electron chi connectivity index (χ2n) is 4.01. The summed E-state index contributed by atoms with van der Waals surface area (Å²) in [5.41, 5.74) is 0.744. The van der Waals surface area contributed by atoms with Gasteiger partial charge < -0.3 is 10.4 Å². The highest BCUT2D eigenvalue weighted by Gasteiger charge is 2.16. The van der Waals surface area contributed by atoms with Gasteiger partial charge in [0.05, 0.1) is 16.8 Å². The zero-order valence-electron chi connectivity index (χ0n) is 11.0. The molecule has 0 saturated carbocycles. The van der Waals surface area contributed by atoms with E-state index in [0.717, 1.165) is 3.57 Å². The number of hydrogen-bond donors (Lipinski definition) is 2. The Balaban J connectivity index is 2.34. The van der Waals surface area contributed by atoms with Crippen molar-refractivity contribution in [3.8, 4) is 0 Å². The Labute approximate surface area is 139 Å². The number of carbonyl (C=O) groups is 2. The van der Waals surface area contributed by atoms with E-state index in [4.69, 9.17) is 0 Å². The van der Waals surface area contributed by atoms with E-state index in [1.165, 1.54) is 17.8 Å². The van der Waals surface area contributed by atoms with Crippen LogP contribution in [0.3, 0.4) is 0 Å². The number of carbonyl (C=O) groups excluding carboxylic acids is 1. The van der Waals surface area contributed by atoms with Crippen LogP contribution in [0.2, 0.25) is 0 Å². The highest BCUT2D eigenvalue weighted by atomic mass is 127. The molecule has 2 aromatic rings. The number of amides is 1. The summed E-state index contributed by atoms with van der Waals surface area (Å²) < 4.78 is 0.786.